The summed E-state index contributed by atoms with van der Waals surface area (Å²) in [7, 11) is 0. The molecule has 0 unspecified atom stereocenters. The molecule has 104 valence electrons. The van der Waals surface area contributed by atoms with Gasteiger partial charge >= 0.3 is 0 Å². The van der Waals surface area contributed by atoms with E-state index < -0.39 is 5.82 Å². The molecule has 0 atom stereocenters. The van der Waals surface area contributed by atoms with Crippen molar-refractivity contribution in [2.24, 2.45) is 0 Å². The summed E-state index contributed by atoms with van der Waals surface area (Å²) < 4.78 is 13.8. The topological polar surface area (TPSA) is 30.0 Å². The van der Waals surface area contributed by atoms with E-state index >= 15 is 0 Å². The number of benzene rings is 2. The number of rotatable bonds is 3. The molecule has 0 aliphatic carbocycles. The lowest BCUT2D eigenvalue weighted by molar-refractivity contribution is 0.0993. The molecular weight excluding hydrogens is 289 g/mol. The van der Waals surface area contributed by atoms with Crippen LogP contribution in [-0.4, -0.2) is 10.8 Å². The van der Waals surface area contributed by atoms with Crippen molar-refractivity contribution in [3.8, 4) is 0 Å². The predicted molar refractivity (Wildman–Crippen MR) is 81.2 cm³/mol. The average molecular weight is 300 g/mol. The van der Waals surface area contributed by atoms with Crippen LogP contribution in [0.1, 0.15) is 15.9 Å². The van der Waals surface area contributed by atoms with Gasteiger partial charge in [-0.15, -0.1) is 0 Å². The van der Waals surface area contributed by atoms with Crippen molar-refractivity contribution in [2.75, 3.05) is 0 Å². The summed E-state index contributed by atoms with van der Waals surface area (Å²) in [6.07, 6.45) is 1.59. The van der Waals surface area contributed by atoms with E-state index in [0.717, 1.165) is 10.9 Å². The molecule has 4 heteroatoms. The van der Waals surface area contributed by atoms with Gasteiger partial charge in [0.1, 0.15) is 5.82 Å². The van der Waals surface area contributed by atoms with E-state index in [4.69, 9.17) is 11.6 Å². The molecule has 0 bridgehead atoms. The Morgan fingerprint density at radius 3 is 2.76 bits per heavy atom. The van der Waals surface area contributed by atoms with Gasteiger partial charge in [-0.3, -0.25) is 9.78 Å². The van der Waals surface area contributed by atoms with Gasteiger partial charge in [0.05, 0.1) is 5.52 Å². The molecule has 1 heterocycles. The molecule has 3 aromatic rings. The maximum atomic E-state index is 13.8. The number of ketones is 1. The molecule has 0 aliphatic heterocycles. The van der Waals surface area contributed by atoms with Crippen LogP contribution in [0, 0.1) is 5.82 Å². The van der Waals surface area contributed by atoms with Gasteiger partial charge in [0.25, 0.3) is 0 Å². The Kier molecular flexibility index (Phi) is 3.67. The fourth-order valence-corrected chi connectivity index (χ4v) is 2.43. The zero-order chi connectivity index (χ0) is 14.8. The summed E-state index contributed by atoms with van der Waals surface area (Å²) in [6.45, 7) is 0. The molecule has 2 nitrogen and oxygen atoms in total. The third kappa shape index (κ3) is 2.78. The molecule has 2 aromatic carbocycles. The summed E-state index contributed by atoms with van der Waals surface area (Å²) in [5.74, 6) is -0.607. The molecule has 0 radical (unpaired) electrons. The van der Waals surface area contributed by atoms with Gasteiger partial charge < -0.3 is 0 Å². The normalized spacial score (nSPS) is 10.8. The van der Waals surface area contributed by atoms with Gasteiger partial charge in [-0.05, 0) is 29.8 Å². The van der Waals surface area contributed by atoms with Crippen molar-refractivity contribution in [1.82, 2.24) is 4.98 Å². The second-order valence-corrected chi connectivity index (χ2v) is 5.15. The fourth-order valence-electron chi connectivity index (χ4n) is 2.27. The second kappa shape index (κ2) is 5.62. The van der Waals surface area contributed by atoms with E-state index in [0.29, 0.717) is 16.1 Å². The van der Waals surface area contributed by atoms with Crippen LogP contribution in [0.2, 0.25) is 5.02 Å². The van der Waals surface area contributed by atoms with Crippen LogP contribution >= 0.6 is 11.6 Å². The third-order valence-corrected chi connectivity index (χ3v) is 3.55. The molecule has 1 aromatic heterocycles. The van der Waals surface area contributed by atoms with Crippen molar-refractivity contribution in [3.05, 3.63) is 76.7 Å². The van der Waals surface area contributed by atoms with Crippen molar-refractivity contribution in [1.29, 1.82) is 0 Å². The lowest BCUT2D eigenvalue weighted by Crippen LogP contribution is -2.06. The first-order chi connectivity index (χ1) is 10.1. The van der Waals surface area contributed by atoms with Crippen molar-refractivity contribution in [2.45, 2.75) is 6.42 Å². The summed E-state index contributed by atoms with van der Waals surface area (Å²) in [6, 6.07) is 13.4. The Labute approximate surface area is 126 Å². The van der Waals surface area contributed by atoms with E-state index in [9.17, 15) is 9.18 Å². The summed E-state index contributed by atoms with van der Waals surface area (Å²) >= 11 is 5.72. The Hall–Kier alpha value is -2.26. The highest BCUT2D eigenvalue weighted by Gasteiger charge is 2.13. The Morgan fingerprint density at radius 2 is 1.95 bits per heavy atom. The Balaban J connectivity index is 1.97. The number of nitrogens with zero attached hydrogens (tertiary/aromatic N) is 1. The van der Waals surface area contributed by atoms with Crippen LogP contribution in [0.4, 0.5) is 4.39 Å². The smallest absolute Gasteiger partial charge is 0.168 e. The summed E-state index contributed by atoms with van der Waals surface area (Å²) in [5.41, 5.74) is 1.64. The number of hydrogen-bond donors (Lipinski definition) is 0. The second-order valence-electron chi connectivity index (χ2n) is 4.71. The van der Waals surface area contributed by atoms with Crippen LogP contribution in [0.3, 0.4) is 0 Å². The number of carbonyl (C=O) groups excluding carboxylic acids is 1. The molecular formula is C17H11ClFNO. The third-order valence-electron chi connectivity index (χ3n) is 3.32. The number of hydrogen-bond acceptors (Lipinski definition) is 2. The van der Waals surface area contributed by atoms with E-state index in [1.807, 2.05) is 24.3 Å². The minimum atomic E-state index is -0.464. The highest BCUT2D eigenvalue weighted by atomic mass is 35.5. The highest BCUT2D eigenvalue weighted by Crippen LogP contribution is 2.20. The minimum Gasteiger partial charge on any atom is -0.294 e. The van der Waals surface area contributed by atoms with Gasteiger partial charge in [-0.2, -0.15) is 0 Å². The van der Waals surface area contributed by atoms with Gasteiger partial charge in [0, 0.05) is 28.6 Å². The van der Waals surface area contributed by atoms with E-state index in [1.165, 1.54) is 6.07 Å². The zero-order valence-electron chi connectivity index (χ0n) is 11.0. The van der Waals surface area contributed by atoms with Crippen molar-refractivity contribution < 1.29 is 9.18 Å². The molecule has 0 saturated carbocycles. The number of fused-ring (bicyclic) bond motifs is 1. The molecule has 0 saturated heterocycles. The molecule has 0 amide bonds. The first-order valence-corrected chi connectivity index (χ1v) is 6.84. The lowest BCUT2D eigenvalue weighted by atomic mass is 10.00. The van der Waals surface area contributed by atoms with Crippen LogP contribution in [-0.2, 0) is 6.42 Å². The van der Waals surface area contributed by atoms with Crippen LogP contribution < -0.4 is 0 Å². The fraction of sp³-hybridized carbons (Fsp3) is 0.0588. The largest absolute Gasteiger partial charge is 0.294 e. The van der Waals surface area contributed by atoms with E-state index in [2.05, 4.69) is 4.98 Å². The van der Waals surface area contributed by atoms with Gasteiger partial charge in [0.2, 0.25) is 0 Å². The number of Topliss-reactive ketones (excluding diaryl/α,β-unsaturated/α-hetero) is 1. The number of aromatic nitrogens is 1. The number of pyridine rings is 1. The predicted octanol–water partition coefficient (Wildman–Crippen LogP) is 4.45. The average Bonchev–Trinajstić information content (AvgIpc) is 2.49. The zero-order valence-corrected chi connectivity index (χ0v) is 11.8. The molecule has 0 spiro atoms. The van der Waals surface area contributed by atoms with E-state index in [1.54, 1.807) is 24.4 Å². The van der Waals surface area contributed by atoms with Crippen molar-refractivity contribution in [3.63, 3.8) is 0 Å². The van der Waals surface area contributed by atoms with E-state index in [-0.39, 0.29) is 12.2 Å². The summed E-state index contributed by atoms with van der Waals surface area (Å²) in [5, 5.41) is 1.09. The first-order valence-electron chi connectivity index (χ1n) is 6.46. The molecule has 21 heavy (non-hydrogen) atoms. The van der Waals surface area contributed by atoms with Gasteiger partial charge in [0.15, 0.2) is 5.78 Å². The monoisotopic (exact) mass is 299 g/mol. The SMILES string of the molecule is O=C(Cc1ccc(Cl)cc1F)c1ccnc2ccccc12. The molecule has 0 fully saturated rings. The quantitative estimate of drug-likeness (QED) is 0.669. The molecule has 0 N–H and O–H groups in total. The number of halogens is 2. The van der Waals surface area contributed by atoms with Crippen LogP contribution in [0.5, 0.6) is 0 Å². The molecule has 3 rings (SSSR count). The maximum Gasteiger partial charge on any atom is 0.168 e. The first kappa shape index (κ1) is 13.7. The maximum absolute atomic E-state index is 13.8. The highest BCUT2D eigenvalue weighted by molar-refractivity contribution is 6.30. The Bertz CT molecular complexity index is 827. The number of para-hydroxylation sites is 1. The molecule has 0 aliphatic rings. The van der Waals surface area contributed by atoms with Gasteiger partial charge in [-0.1, -0.05) is 35.9 Å². The summed E-state index contributed by atoms with van der Waals surface area (Å²) in [4.78, 5) is 16.7. The van der Waals surface area contributed by atoms with Crippen LogP contribution in [0.25, 0.3) is 10.9 Å². The van der Waals surface area contributed by atoms with Crippen LogP contribution in [0.15, 0.2) is 54.7 Å². The van der Waals surface area contributed by atoms with Gasteiger partial charge in [-0.25, -0.2) is 4.39 Å². The lowest BCUT2D eigenvalue weighted by Gasteiger charge is -2.06. The standard InChI is InChI=1S/C17H11ClFNO/c18-12-6-5-11(15(19)10-12)9-17(21)14-7-8-20-16-4-2-1-3-13(14)16/h1-8,10H,9H2. The minimum absolute atomic E-state index is 0.00297. The number of carbonyl (C=O) groups is 1. The van der Waals surface area contributed by atoms with Crippen molar-refractivity contribution >= 4 is 28.3 Å². The Morgan fingerprint density at radius 1 is 1.14 bits per heavy atom.